The maximum Gasteiger partial charge on any atom is 1.00 e. The minimum atomic E-state index is -4.28. The third-order valence-electron chi connectivity index (χ3n) is 2.90. The van der Waals surface area contributed by atoms with Crippen molar-refractivity contribution in [1.29, 1.82) is 0 Å². The Morgan fingerprint density at radius 2 is 1.89 bits per heavy atom. The molecule has 0 bridgehead atoms. The van der Waals surface area contributed by atoms with Crippen LogP contribution in [0.25, 0.3) is 0 Å². The van der Waals surface area contributed by atoms with Crippen LogP contribution in [-0.2, 0) is 4.57 Å². The number of nitrogens with two attached hydrogens (primary N) is 1. The van der Waals surface area contributed by atoms with E-state index < -0.39 is 6.80 Å². The van der Waals surface area contributed by atoms with Gasteiger partial charge in [-0.25, -0.2) is 0 Å². The minimum Gasteiger partial charge on any atom is -0.770 e. The van der Waals surface area contributed by atoms with Crippen LogP contribution < -0.4 is 40.2 Å². The van der Waals surface area contributed by atoms with Crippen LogP contribution in [0.4, 0.5) is 0 Å². The predicted molar refractivity (Wildman–Crippen MR) is 73.6 cm³/mol. The van der Waals surface area contributed by atoms with Crippen molar-refractivity contribution in [2.45, 2.75) is 38.5 Å². The van der Waals surface area contributed by atoms with Crippen molar-refractivity contribution < 1.29 is 49.4 Å². The van der Waals surface area contributed by atoms with Crippen LogP contribution in [0.1, 0.15) is 38.5 Å². The Balaban J connectivity index is 0. The molecule has 1 aliphatic rings. The van der Waals surface area contributed by atoms with Gasteiger partial charge in [-0.05, 0) is 18.8 Å². The first kappa shape index (κ1) is 22.2. The zero-order valence-electron chi connectivity index (χ0n) is 11.4. The molecule has 19 heavy (non-hydrogen) atoms. The smallest absolute Gasteiger partial charge is 0.770 e. The first-order valence-electron chi connectivity index (χ1n) is 5.94. The van der Waals surface area contributed by atoms with Crippen molar-refractivity contribution in [3.05, 3.63) is 0 Å². The molecule has 0 aromatic heterocycles. The molecule has 108 valence electrons. The largest absolute Gasteiger partial charge is 1.00 e. The van der Waals surface area contributed by atoms with Crippen LogP contribution in [-0.4, -0.2) is 28.5 Å². The van der Waals surface area contributed by atoms with Gasteiger partial charge in [-0.2, -0.15) is 0 Å². The Labute approximate surface area is 140 Å². The topological polar surface area (TPSA) is 130 Å². The van der Waals surface area contributed by atoms with Crippen LogP contribution in [0.3, 0.4) is 0 Å². The summed E-state index contributed by atoms with van der Waals surface area (Å²) in [5.74, 6) is 0.919. The van der Waals surface area contributed by atoms with E-state index in [4.69, 9.17) is 10.6 Å². The zero-order chi connectivity index (χ0) is 12.7. The molecule has 5 N–H and O–H groups in total. The maximum atomic E-state index is 10.5. The average Bonchev–Trinajstić information content (AvgIpc) is 2.51. The number of nitrogens with zero attached hydrogens (tertiary/aromatic N) is 1. The van der Waals surface area contributed by atoms with Gasteiger partial charge in [-0.15, -0.1) is 0 Å². The van der Waals surface area contributed by atoms with Gasteiger partial charge >= 0.3 is 29.6 Å². The first-order chi connectivity index (χ1) is 7.97. The van der Waals surface area contributed by atoms with Crippen LogP contribution in [0.15, 0.2) is 4.99 Å². The number of aliphatic imine (C=N–C) groups is 1. The Morgan fingerprint density at radius 3 is 2.37 bits per heavy atom. The fraction of sp³-hybridized carbons (Fsp3) is 0.900. The van der Waals surface area contributed by atoms with Gasteiger partial charge in [0.05, 0.1) is 5.75 Å². The van der Waals surface area contributed by atoms with Crippen molar-refractivity contribution in [2.75, 3.05) is 12.3 Å². The Bertz CT molecular complexity index is 306. The molecule has 0 aromatic rings. The van der Waals surface area contributed by atoms with E-state index in [2.05, 4.69) is 4.99 Å². The van der Waals surface area contributed by atoms with Crippen molar-refractivity contribution in [3.63, 3.8) is 0 Å². The maximum absolute atomic E-state index is 10.5. The molecule has 0 radical (unpaired) electrons. The Hall–Kier alpha value is 0.930. The summed E-state index contributed by atoms with van der Waals surface area (Å²) in [4.78, 5) is 23.3. The molecule has 1 saturated carbocycles. The van der Waals surface area contributed by atoms with Crippen LogP contribution in [0, 0.1) is 5.92 Å². The average molecular weight is 320 g/mol. The molecule has 0 aromatic carbocycles. The molecule has 0 spiro atoms. The Kier molecular flexibility index (Phi) is 13.5. The predicted octanol–water partition coefficient (Wildman–Crippen LogP) is -2.31. The molecule has 0 amide bonds. The van der Waals surface area contributed by atoms with Crippen molar-refractivity contribution >= 4 is 24.0 Å². The van der Waals surface area contributed by atoms with Gasteiger partial charge in [0.15, 0.2) is 6.80 Å². The van der Waals surface area contributed by atoms with E-state index >= 15 is 0 Å². The molecule has 1 rings (SSSR count). The monoisotopic (exact) mass is 320 g/mol. The molecular formula is C10H22N2NaO4PS. The molecule has 1 aliphatic carbocycles. The summed E-state index contributed by atoms with van der Waals surface area (Å²) in [6, 6.07) is 0. The van der Waals surface area contributed by atoms with Crippen LogP contribution in [0.5, 0.6) is 0 Å². The van der Waals surface area contributed by atoms with Crippen molar-refractivity contribution in [1.82, 2.24) is 0 Å². The summed E-state index contributed by atoms with van der Waals surface area (Å²) in [7, 11) is 0. The fourth-order valence-corrected chi connectivity index (χ4v) is 3.26. The number of hydrogen-bond donors (Lipinski definition) is 2. The minimum absolute atomic E-state index is 0. The molecule has 1 fully saturated rings. The van der Waals surface area contributed by atoms with Gasteiger partial charge in [-0.1, -0.05) is 37.1 Å². The normalized spacial score (nSPS) is 20.6. The summed E-state index contributed by atoms with van der Waals surface area (Å²) in [5.41, 5.74) is 5.60. The molecule has 0 aliphatic heterocycles. The second kappa shape index (κ2) is 11.6. The van der Waals surface area contributed by atoms with E-state index in [1.54, 1.807) is 0 Å². The van der Waals surface area contributed by atoms with E-state index in [1.165, 1.54) is 38.5 Å². The quantitative estimate of drug-likeness (QED) is 0.193. The summed E-state index contributed by atoms with van der Waals surface area (Å²) < 4.78 is 10.5. The molecule has 9 heteroatoms. The van der Waals surface area contributed by atoms with Gasteiger partial charge in [0.1, 0.15) is 5.84 Å². The molecular weight excluding hydrogens is 298 g/mol. The van der Waals surface area contributed by atoms with Crippen molar-refractivity contribution in [3.8, 4) is 0 Å². The van der Waals surface area contributed by atoms with E-state index in [1.807, 2.05) is 0 Å². The van der Waals surface area contributed by atoms with Crippen LogP contribution in [0.2, 0.25) is 0 Å². The van der Waals surface area contributed by atoms with Gasteiger partial charge in [0.25, 0.3) is 0 Å². The number of amidine groups is 1. The summed E-state index contributed by atoms with van der Waals surface area (Å²) in [6.07, 6.45) is 7.47. The second-order valence-electron chi connectivity index (χ2n) is 4.43. The van der Waals surface area contributed by atoms with Crippen molar-refractivity contribution in [2.24, 2.45) is 16.6 Å². The SMILES string of the molecule is NC(CSP(=O)([O-])O)=NCC1CCCCCC1.O.[Na+]. The summed E-state index contributed by atoms with van der Waals surface area (Å²) in [6.45, 7) is -3.60. The Morgan fingerprint density at radius 1 is 1.37 bits per heavy atom. The molecule has 0 heterocycles. The zero-order valence-corrected chi connectivity index (χ0v) is 15.1. The van der Waals surface area contributed by atoms with E-state index in [9.17, 15) is 9.46 Å². The van der Waals surface area contributed by atoms with E-state index in [-0.39, 0.29) is 40.8 Å². The number of hydrogen-bond acceptors (Lipinski definition) is 4. The fourth-order valence-electron chi connectivity index (χ4n) is 1.99. The number of rotatable bonds is 5. The van der Waals surface area contributed by atoms with Crippen LogP contribution >= 0.6 is 18.2 Å². The first-order valence-corrected chi connectivity index (χ1v) is 9.11. The van der Waals surface area contributed by atoms with Gasteiger partial charge in [-0.3, -0.25) is 9.56 Å². The van der Waals surface area contributed by atoms with E-state index in [0.29, 0.717) is 29.7 Å². The van der Waals surface area contributed by atoms with E-state index in [0.717, 1.165) is 0 Å². The third-order valence-corrected chi connectivity index (χ3v) is 5.02. The molecule has 1 atom stereocenters. The third kappa shape index (κ3) is 12.4. The summed E-state index contributed by atoms with van der Waals surface area (Å²) >= 11 is 0.432. The van der Waals surface area contributed by atoms with Gasteiger partial charge < -0.3 is 21.0 Å². The standard InChI is InChI=1S/C10H21N2O3PS.Na.H2O/c11-10(8-17-16(13,14)15)12-7-9-5-3-1-2-4-6-9;;/h9H,1-8H2,(H2,11,12)(H2,13,14,15);;1H2/q;+1;/p-1. The van der Waals surface area contributed by atoms with Gasteiger partial charge in [0.2, 0.25) is 0 Å². The second-order valence-corrected chi connectivity index (χ2v) is 8.07. The molecule has 1 unspecified atom stereocenters. The van der Waals surface area contributed by atoms with Gasteiger partial charge in [0, 0.05) is 6.54 Å². The summed E-state index contributed by atoms with van der Waals surface area (Å²) in [5, 5.41) is 0. The molecule has 6 nitrogen and oxygen atoms in total. The molecule has 0 saturated heterocycles.